The minimum atomic E-state index is -0.830. The van der Waals surface area contributed by atoms with Crippen molar-refractivity contribution in [3.63, 3.8) is 0 Å². The number of benzene rings is 3. The number of aryl methyl sites for hydroxylation is 3. The van der Waals surface area contributed by atoms with Crippen molar-refractivity contribution in [3.05, 3.63) is 112 Å². The second-order valence-corrected chi connectivity index (χ2v) is 9.38. The van der Waals surface area contributed by atoms with Crippen LogP contribution < -0.4 is 20.9 Å². The number of carbonyl (C=O) groups excluding carboxylic acids is 1. The third-order valence-electron chi connectivity index (χ3n) is 6.41. The number of anilines is 2. The third-order valence-corrected chi connectivity index (χ3v) is 6.41. The molecule has 2 amide bonds. The summed E-state index contributed by atoms with van der Waals surface area (Å²) >= 11 is 0. The molecule has 0 radical (unpaired) electrons. The van der Waals surface area contributed by atoms with Crippen molar-refractivity contribution < 1.29 is 19.4 Å². The van der Waals surface area contributed by atoms with E-state index in [9.17, 15) is 14.4 Å². The molecule has 0 fully saturated rings. The van der Waals surface area contributed by atoms with Gasteiger partial charge in [-0.05, 0) is 72.9 Å². The van der Waals surface area contributed by atoms with Crippen LogP contribution in [0.5, 0.6) is 5.75 Å². The van der Waals surface area contributed by atoms with E-state index in [2.05, 4.69) is 10.6 Å². The van der Waals surface area contributed by atoms with E-state index in [-0.39, 0.29) is 12.0 Å². The van der Waals surface area contributed by atoms with E-state index in [1.54, 1.807) is 35.0 Å². The lowest BCUT2D eigenvalue weighted by molar-refractivity contribution is -0.136. The molecule has 0 saturated carbocycles. The van der Waals surface area contributed by atoms with Gasteiger partial charge in [-0.25, -0.2) is 4.79 Å². The highest BCUT2D eigenvalue weighted by molar-refractivity contribution is 6.01. The standard InChI is InChI=1S/C31H31N3O5/c1-20-6-13-26(21(2)17-20)32-31(38)33-27-14-12-24(18-28(27)39-3)25-5-4-16-34(30(25)37)19-23-9-7-22(8-10-23)11-15-29(35)36/h4-10,12-14,16-18H,11,15,19H2,1-3H3,(H,35,36)(H2,32,33,38). The van der Waals surface area contributed by atoms with Crippen LogP contribution in [0.2, 0.25) is 0 Å². The van der Waals surface area contributed by atoms with E-state index in [0.717, 1.165) is 22.3 Å². The minimum Gasteiger partial charge on any atom is -0.495 e. The van der Waals surface area contributed by atoms with Gasteiger partial charge in [0.05, 0.1) is 19.3 Å². The zero-order valence-electron chi connectivity index (χ0n) is 22.2. The average Bonchev–Trinajstić information content (AvgIpc) is 2.91. The third kappa shape index (κ3) is 6.93. The van der Waals surface area contributed by atoms with Gasteiger partial charge >= 0.3 is 12.0 Å². The zero-order chi connectivity index (χ0) is 27.9. The van der Waals surface area contributed by atoms with Crippen LogP contribution in [0.3, 0.4) is 0 Å². The number of aliphatic carboxylic acids is 1. The number of carbonyl (C=O) groups is 2. The molecule has 0 aliphatic rings. The summed E-state index contributed by atoms with van der Waals surface area (Å²) in [6.07, 6.45) is 2.27. The van der Waals surface area contributed by atoms with Crippen LogP contribution in [0.4, 0.5) is 16.2 Å². The Labute approximate surface area is 226 Å². The van der Waals surface area contributed by atoms with Crippen molar-refractivity contribution in [2.24, 2.45) is 0 Å². The highest BCUT2D eigenvalue weighted by atomic mass is 16.5. The summed E-state index contributed by atoms with van der Waals surface area (Å²) in [5.74, 6) is -0.404. The van der Waals surface area contributed by atoms with Crippen LogP contribution >= 0.6 is 0 Å². The number of nitrogens with one attached hydrogen (secondary N) is 2. The summed E-state index contributed by atoms with van der Waals surface area (Å²) < 4.78 is 7.14. The molecule has 8 nitrogen and oxygen atoms in total. The van der Waals surface area contributed by atoms with E-state index in [1.165, 1.54) is 7.11 Å². The summed E-state index contributed by atoms with van der Waals surface area (Å²) in [5, 5.41) is 14.5. The number of aromatic nitrogens is 1. The second-order valence-electron chi connectivity index (χ2n) is 9.38. The first kappa shape index (κ1) is 27.2. The monoisotopic (exact) mass is 525 g/mol. The Hall–Kier alpha value is -4.85. The molecule has 39 heavy (non-hydrogen) atoms. The van der Waals surface area contributed by atoms with Crippen LogP contribution in [0.1, 0.15) is 28.7 Å². The highest BCUT2D eigenvalue weighted by Gasteiger charge is 2.13. The molecule has 4 rings (SSSR count). The molecule has 0 bridgehead atoms. The number of carboxylic acids is 1. The van der Waals surface area contributed by atoms with E-state index < -0.39 is 12.0 Å². The van der Waals surface area contributed by atoms with Gasteiger partial charge < -0.3 is 25.0 Å². The molecule has 0 atom stereocenters. The first-order valence-electron chi connectivity index (χ1n) is 12.6. The SMILES string of the molecule is COc1cc(-c2cccn(Cc3ccc(CCC(=O)O)cc3)c2=O)ccc1NC(=O)Nc1ccc(C)cc1C. The van der Waals surface area contributed by atoms with Gasteiger partial charge in [-0.15, -0.1) is 0 Å². The van der Waals surface area contributed by atoms with Gasteiger partial charge in [0.1, 0.15) is 5.75 Å². The molecule has 0 aliphatic carbocycles. The Morgan fingerprint density at radius 2 is 1.59 bits per heavy atom. The first-order valence-corrected chi connectivity index (χ1v) is 12.6. The minimum absolute atomic E-state index is 0.0791. The Kier molecular flexibility index (Phi) is 8.46. The lowest BCUT2D eigenvalue weighted by Crippen LogP contribution is -2.22. The number of hydrogen-bond acceptors (Lipinski definition) is 4. The van der Waals surface area contributed by atoms with Crippen LogP contribution in [0.15, 0.2) is 83.8 Å². The highest BCUT2D eigenvalue weighted by Crippen LogP contribution is 2.30. The number of amides is 2. The molecule has 0 unspecified atom stereocenters. The fourth-order valence-corrected chi connectivity index (χ4v) is 4.33. The van der Waals surface area contributed by atoms with Gasteiger partial charge in [0, 0.05) is 23.9 Å². The number of ether oxygens (including phenoxy) is 1. The quantitative estimate of drug-likeness (QED) is 0.254. The predicted molar refractivity (Wildman–Crippen MR) is 153 cm³/mol. The number of nitrogens with zero attached hydrogens (tertiary/aromatic N) is 1. The number of urea groups is 1. The van der Waals surface area contributed by atoms with Gasteiger partial charge in [-0.2, -0.15) is 0 Å². The van der Waals surface area contributed by atoms with Crippen molar-refractivity contribution in [1.82, 2.24) is 4.57 Å². The molecule has 8 heteroatoms. The van der Waals surface area contributed by atoms with Crippen molar-refractivity contribution in [1.29, 1.82) is 0 Å². The van der Waals surface area contributed by atoms with Crippen molar-refractivity contribution in [3.8, 4) is 16.9 Å². The van der Waals surface area contributed by atoms with E-state index >= 15 is 0 Å². The first-order chi connectivity index (χ1) is 18.7. The van der Waals surface area contributed by atoms with Gasteiger partial charge in [0.2, 0.25) is 0 Å². The fraction of sp³-hybridized carbons (Fsp3) is 0.194. The number of pyridine rings is 1. The lowest BCUT2D eigenvalue weighted by Gasteiger charge is -2.14. The molecule has 4 aromatic rings. The van der Waals surface area contributed by atoms with Crippen LogP contribution in [0.25, 0.3) is 11.1 Å². The summed E-state index contributed by atoms with van der Waals surface area (Å²) in [6.45, 7) is 4.30. The number of carboxylic acid groups (broad SMARTS) is 1. The van der Waals surface area contributed by atoms with Crippen molar-refractivity contribution in [2.75, 3.05) is 17.7 Å². The molecule has 1 aromatic heterocycles. The van der Waals surface area contributed by atoms with E-state index in [0.29, 0.717) is 41.2 Å². The smallest absolute Gasteiger partial charge is 0.323 e. The summed E-state index contributed by atoms with van der Waals surface area (Å²) in [5.41, 5.74) is 6.13. The Balaban J connectivity index is 1.50. The van der Waals surface area contributed by atoms with E-state index in [1.807, 2.05) is 62.4 Å². The maximum Gasteiger partial charge on any atom is 0.323 e. The maximum absolute atomic E-state index is 13.3. The van der Waals surface area contributed by atoms with Crippen LogP contribution in [-0.2, 0) is 17.8 Å². The number of hydrogen-bond donors (Lipinski definition) is 3. The van der Waals surface area contributed by atoms with Crippen molar-refractivity contribution >= 4 is 23.4 Å². The Morgan fingerprint density at radius 1 is 0.897 bits per heavy atom. The Morgan fingerprint density at radius 3 is 2.28 bits per heavy atom. The lowest BCUT2D eigenvalue weighted by atomic mass is 10.1. The molecule has 0 saturated heterocycles. The summed E-state index contributed by atoms with van der Waals surface area (Å²) in [6, 6.07) is 21.8. The fourth-order valence-electron chi connectivity index (χ4n) is 4.33. The number of rotatable bonds is 9. The van der Waals surface area contributed by atoms with Crippen LogP contribution in [0, 0.1) is 13.8 Å². The zero-order valence-corrected chi connectivity index (χ0v) is 22.2. The Bertz CT molecular complexity index is 1560. The molecule has 3 aromatic carbocycles. The van der Waals surface area contributed by atoms with Gasteiger partial charge in [0.15, 0.2) is 0 Å². The molecular weight excluding hydrogens is 494 g/mol. The van der Waals surface area contributed by atoms with Gasteiger partial charge in [-0.3, -0.25) is 9.59 Å². The normalized spacial score (nSPS) is 10.6. The van der Waals surface area contributed by atoms with Crippen LogP contribution in [-0.4, -0.2) is 28.8 Å². The molecule has 0 spiro atoms. The molecule has 1 heterocycles. The average molecular weight is 526 g/mol. The van der Waals surface area contributed by atoms with Crippen molar-refractivity contribution in [2.45, 2.75) is 33.2 Å². The van der Waals surface area contributed by atoms with E-state index in [4.69, 9.17) is 9.84 Å². The maximum atomic E-state index is 13.3. The molecular formula is C31H31N3O5. The van der Waals surface area contributed by atoms with Gasteiger partial charge in [0.25, 0.3) is 5.56 Å². The molecule has 0 aliphatic heterocycles. The van der Waals surface area contributed by atoms with Gasteiger partial charge in [-0.1, -0.05) is 48.0 Å². The summed E-state index contributed by atoms with van der Waals surface area (Å²) in [4.78, 5) is 36.8. The molecule has 200 valence electrons. The summed E-state index contributed by atoms with van der Waals surface area (Å²) in [7, 11) is 1.51. The second kappa shape index (κ2) is 12.1. The number of methoxy groups -OCH3 is 1. The largest absolute Gasteiger partial charge is 0.495 e. The molecule has 3 N–H and O–H groups in total. The predicted octanol–water partition coefficient (Wildman–Crippen LogP) is 5.85. The topological polar surface area (TPSA) is 110 Å².